The second kappa shape index (κ2) is 5.70. The van der Waals surface area contributed by atoms with E-state index in [9.17, 15) is 9.90 Å². The van der Waals surface area contributed by atoms with E-state index in [0.717, 1.165) is 37.8 Å². The summed E-state index contributed by atoms with van der Waals surface area (Å²) >= 11 is 0. The maximum Gasteiger partial charge on any atom is 0.324 e. The average molecular weight is 262 g/mol. The summed E-state index contributed by atoms with van der Waals surface area (Å²) in [7, 11) is 0. The van der Waals surface area contributed by atoms with E-state index in [-0.39, 0.29) is 0 Å². The van der Waals surface area contributed by atoms with Crippen LogP contribution in [0.15, 0.2) is 18.5 Å². The highest BCUT2D eigenvalue weighted by molar-refractivity contribution is 5.79. The lowest BCUT2D eigenvalue weighted by Crippen LogP contribution is -2.50. The van der Waals surface area contributed by atoms with Gasteiger partial charge in [-0.25, -0.2) is 0 Å². The Morgan fingerprint density at radius 3 is 3.00 bits per heavy atom. The standard InChI is InChI=1S/C15H22N2O2/c1-3-6-15(14(18)19)7-4-9-17(15)11-13-10-16-8-5-12(13)2/h5,8,10H,3-4,6-7,9,11H2,1-2H3,(H,18,19). The number of aliphatic carboxylic acids is 1. The number of carboxylic acids is 1. The van der Waals surface area contributed by atoms with E-state index >= 15 is 0 Å². The summed E-state index contributed by atoms with van der Waals surface area (Å²) in [5.74, 6) is -0.673. The number of hydrogen-bond acceptors (Lipinski definition) is 3. The summed E-state index contributed by atoms with van der Waals surface area (Å²) in [4.78, 5) is 18.0. The molecule has 0 aromatic carbocycles. The van der Waals surface area contributed by atoms with Gasteiger partial charge in [0, 0.05) is 18.9 Å². The van der Waals surface area contributed by atoms with Gasteiger partial charge in [-0.1, -0.05) is 13.3 Å². The number of pyridine rings is 1. The fourth-order valence-electron chi connectivity index (χ4n) is 3.08. The van der Waals surface area contributed by atoms with Crippen molar-refractivity contribution in [3.8, 4) is 0 Å². The minimum Gasteiger partial charge on any atom is -0.480 e. The van der Waals surface area contributed by atoms with Crippen molar-refractivity contribution in [1.29, 1.82) is 0 Å². The Balaban J connectivity index is 2.23. The zero-order valence-electron chi connectivity index (χ0n) is 11.7. The molecule has 0 spiro atoms. The first-order valence-electron chi connectivity index (χ1n) is 6.98. The molecule has 0 bridgehead atoms. The molecule has 1 aliphatic heterocycles. The van der Waals surface area contributed by atoms with Gasteiger partial charge < -0.3 is 5.11 Å². The number of likely N-dealkylation sites (tertiary alicyclic amines) is 1. The van der Waals surface area contributed by atoms with Crippen molar-refractivity contribution < 1.29 is 9.90 Å². The molecule has 2 rings (SSSR count). The fraction of sp³-hybridized carbons (Fsp3) is 0.600. The molecule has 1 aromatic heterocycles. The lowest BCUT2D eigenvalue weighted by Gasteiger charge is -2.34. The van der Waals surface area contributed by atoms with Crippen LogP contribution in [0.1, 0.15) is 43.7 Å². The van der Waals surface area contributed by atoms with Crippen molar-refractivity contribution in [3.05, 3.63) is 29.6 Å². The molecule has 2 heterocycles. The smallest absolute Gasteiger partial charge is 0.324 e. The number of nitrogens with zero attached hydrogens (tertiary/aromatic N) is 2. The second-order valence-electron chi connectivity index (χ2n) is 5.41. The third kappa shape index (κ3) is 2.63. The van der Waals surface area contributed by atoms with Gasteiger partial charge in [0.1, 0.15) is 5.54 Å². The number of hydrogen-bond donors (Lipinski definition) is 1. The zero-order valence-corrected chi connectivity index (χ0v) is 11.7. The molecule has 0 aliphatic carbocycles. The predicted octanol–water partition coefficient (Wildman–Crippen LogP) is 2.61. The Bertz CT molecular complexity index is 461. The topological polar surface area (TPSA) is 53.4 Å². The quantitative estimate of drug-likeness (QED) is 0.886. The van der Waals surface area contributed by atoms with Crippen molar-refractivity contribution in [2.45, 2.75) is 51.6 Å². The Labute approximate surface area is 114 Å². The Morgan fingerprint density at radius 2 is 2.37 bits per heavy atom. The van der Waals surface area contributed by atoms with E-state index < -0.39 is 11.5 Å². The van der Waals surface area contributed by atoms with Crippen LogP contribution < -0.4 is 0 Å². The number of aryl methyl sites for hydroxylation is 1. The lowest BCUT2D eigenvalue weighted by atomic mass is 9.90. The van der Waals surface area contributed by atoms with Crippen LogP contribution in [0.3, 0.4) is 0 Å². The van der Waals surface area contributed by atoms with Crippen molar-refractivity contribution >= 4 is 5.97 Å². The number of carbonyl (C=O) groups is 1. The van der Waals surface area contributed by atoms with Crippen LogP contribution in [-0.2, 0) is 11.3 Å². The fourth-order valence-corrected chi connectivity index (χ4v) is 3.08. The molecule has 4 heteroatoms. The molecule has 1 fully saturated rings. The average Bonchev–Trinajstić information content (AvgIpc) is 2.77. The van der Waals surface area contributed by atoms with Crippen LogP contribution in [0.2, 0.25) is 0 Å². The minimum atomic E-state index is -0.673. The molecule has 1 aliphatic rings. The van der Waals surface area contributed by atoms with Crippen LogP contribution in [-0.4, -0.2) is 33.0 Å². The summed E-state index contributed by atoms with van der Waals surface area (Å²) in [5, 5.41) is 9.66. The molecular formula is C15H22N2O2. The SMILES string of the molecule is CCCC1(C(=O)O)CCCN1Cc1cnccc1C. The maximum absolute atomic E-state index is 11.7. The normalized spacial score (nSPS) is 23.7. The summed E-state index contributed by atoms with van der Waals surface area (Å²) in [6.45, 7) is 5.65. The molecule has 1 unspecified atom stereocenters. The van der Waals surface area contributed by atoms with Gasteiger partial charge in [-0.05, 0) is 49.9 Å². The molecule has 1 N–H and O–H groups in total. The predicted molar refractivity (Wildman–Crippen MR) is 73.9 cm³/mol. The van der Waals surface area contributed by atoms with E-state index in [1.54, 1.807) is 6.20 Å². The highest BCUT2D eigenvalue weighted by atomic mass is 16.4. The lowest BCUT2D eigenvalue weighted by molar-refractivity contribution is -0.150. The van der Waals surface area contributed by atoms with Gasteiger partial charge in [0.15, 0.2) is 0 Å². The van der Waals surface area contributed by atoms with Gasteiger partial charge in [0.25, 0.3) is 0 Å². The van der Waals surface area contributed by atoms with Crippen molar-refractivity contribution in [2.24, 2.45) is 0 Å². The monoisotopic (exact) mass is 262 g/mol. The summed E-state index contributed by atoms with van der Waals surface area (Å²) in [5.41, 5.74) is 1.64. The third-order valence-corrected chi connectivity index (χ3v) is 4.19. The molecule has 4 nitrogen and oxygen atoms in total. The molecular weight excluding hydrogens is 240 g/mol. The molecule has 1 saturated heterocycles. The van der Waals surface area contributed by atoms with Crippen LogP contribution in [0.4, 0.5) is 0 Å². The van der Waals surface area contributed by atoms with E-state index in [1.807, 2.05) is 12.3 Å². The van der Waals surface area contributed by atoms with E-state index in [2.05, 4.69) is 23.7 Å². The van der Waals surface area contributed by atoms with Gasteiger partial charge in [-0.3, -0.25) is 14.7 Å². The molecule has 0 radical (unpaired) electrons. The van der Waals surface area contributed by atoms with Gasteiger partial charge >= 0.3 is 5.97 Å². The van der Waals surface area contributed by atoms with Crippen LogP contribution in [0, 0.1) is 6.92 Å². The highest BCUT2D eigenvalue weighted by Crippen LogP contribution is 2.35. The molecule has 1 aromatic rings. The molecule has 0 saturated carbocycles. The second-order valence-corrected chi connectivity index (χ2v) is 5.41. The highest BCUT2D eigenvalue weighted by Gasteiger charge is 2.46. The molecule has 19 heavy (non-hydrogen) atoms. The Hall–Kier alpha value is -1.42. The van der Waals surface area contributed by atoms with Crippen molar-refractivity contribution in [2.75, 3.05) is 6.54 Å². The molecule has 104 valence electrons. The first kappa shape index (κ1) is 14.0. The van der Waals surface area contributed by atoms with Crippen molar-refractivity contribution in [1.82, 2.24) is 9.88 Å². The van der Waals surface area contributed by atoms with Crippen LogP contribution >= 0.6 is 0 Å². The van der Waals surface area contributed by atoms with E-state index in [0.29, 0.717) is 6.54 Å². The summed E-state index contributed by atoms with van der Waals surface area (Å²) in [6.07, 6.45) is 6.98. The Kier molecular flexibility index (Phi) is 4.20. The van der Waals surface area contributed by atoms with E-state index in [1.165, 1.54) is 5.56 Å². The van der Waals surface area contributed by atoms with Crippen molar-refractivity contribution in [3.63, 3.8) is 0 Å². The zero-order chi connectivity index (χ0) is 13.9. The van der Waals surface area contributed by atoms with Gasteiger partial charge in [0.2, 0.25) is 0 Å². The van der Waals surface area contributed by atoms with Crippen LogP contribution in [0.25, 0.3) is 0 Å². The summed E-state index contributed by atoms with van der Waals surface area (Å²) in [6, 6.07) is 1.98. The van der Waals surface area contributed by atoms with Gasteiger partial charge in [-0.2, -0.15) is 0 Å². The maximum atomic E-state index is 11.7. The van der Waals surface area contributed by atoms with Gasteiger partial charge in [-0.15, -0.1) is 0 Å². The number of aromatic nitrogens is 1. The molecule has 1 atom stereocenters. The van der Waals surface area contributed by atoms with Crippen LogP contribution in [0.5, 0.6) is 0 Å². The number of carboxylic acid groups (broad SMARTS) is 1. The molecule has 0 amide bonds. The number of rotatable bonds is 5. The third-order valence-electron chi connectivity index (χ3n) is 4.19. The largest absolute Gasteiger partial charge is 0.480 e. The first-order chi connectivity index (χ1) is 9.10. The Morgan fingerprint density at radius 1 is 1.58 bits per heavy atom. The van der Waals surface area contributed by atoms with E-state index in [4.69, 9.17) is 0 Å². The minimum absolute atomic E-state index is 0.670. The first-order valence-corrected chi connectivity index (χ1v) is 6.98. The van der Waals surface area contributed by atoms with Gasteiger partial charge in [0.05, 0.1) is 0 Å². The summed E-state index contributed by atoms with van der Waals surface area (Å²) < 4.78 is 0.